The smallest absolute Gasteiger partial charge is 0.345 e. The molecular weight excluding hydrogens is 254 g/mol. The molecule has 6 heteroatoms. The van der Waals surface area contributed by atoms with Crippen molar-refractivity contribution in [3.05, 3.63) is 21.4 Å². The van der Waals surface area contributed by atoms with Gasteiger partial charge < -0.3 is 14.9 Å². The van der Waals surface area contributed by atoms with Gasteiger partial charge in [-0.1, -0.05) is 0 Å². The second-order valence-electron chi connectivity index (χ2n) is 3.99. The Bertz CT molecular complexity index is 391. The Morgan fingerprint density at radius 2 is 2.22 bits per heavy atom. The van der Waals surface area contributed by atoms with E-state index in [-0.39, 0.29) is 6.61 Å². The molecular formula is C12H19NO4S. The number of hydrogen-bond acceptors (Lipinski definition) is 5. The van der Waals surface area contributed by atoms with Crippen LogP contribution in [0.3, 0.4) is 0 Å². The van der Waals surface area contributed by atoms with Crippen molar-refractivity contribution in [2.24, 2.45) is 0 Å². The predicted octanol–water partition coefficient (Wildman–Crippen LogP) is 1.20. The lowest BCUT2D eigenvalue weighted by Gasteiger charge is -2.20. The molecule has 0 unspecified atom stereocenters. The average molecular weight is 273 g/mol. The van der Waals surface area contributed by atoms with E-state index in [0.29, 0.717) is 24.6 Å². The first kappa shape index (κ1) is 15.1. The third-order valence-corrected chi connectivity index (χ3v) is 3.73. The fourth-order valence-corrected chi connectivity index (χ4v) is 2.53. The van der Waals surface area contributed by atoms with Gasteiger partial charge in [-0.2, -0.15) is 0 Å². The van der Waals surface area contributed by atoms with Crippen molar-refractivity contribution in [1.82, 2.24) is 4.90 Å². The number of carbonyl (C=O) groups is 1. The van der Waals surface area contributed by atoms with E-state index in [4.69, 9.17) is 14.9 Å². The summed E-state index contributed by atoms with van der Waals surface area (Å²) in [6.07, 6.45) is 0. The quantitative estimate of drug-likeness (QED) is 0.744. The maximum absolute atomic E-state index is 10.9. The van der Waals surface area contributed by atoms with Gasteiger partial charge in [0.2, 0.25) is 0 Å². The van der Waals surface area contributed by atoms with Crippen LogP contribution in [0.4, 0.5) is 0 Å². The lowest BCUT2D eigenvalue weighted by molar-refractivity contribution is 0.0702. The summed E-state index contributed by atoms with van der Waals surface area (Å²) in [5.41, 5.74) is 1.00. The molecule has 0 aliphatic heterocycles. The van der Waals surface area contributed by atoms with E-state index in [1.807, 2.05) is 11.8 Å². The minimum absolute atomic E-state index is 0.0820. The Balaban J connectivity index is 2.70. The molecule has 0 fully saturated rings. The van der Waals surface area contributed by atoms with Crippen LogP contribution in [-0.4, -0.2) is 54.5 Å². The molecule has 1 aromatic heterocycles. The number of ether oxygens (including phenoxy) is 1. The average Bonchev–Trinajstić information content (AvgIpc) is 2.68. The second kappa shape index (κ2) is 7.48. The van der Waals surface area contributed by atoms with Crippen LogP contribution in [0.1, 0.15) is 20.1 Å². The maximum Gasteiger partial charge on any atom is 0.345 e. The number of nitrogens with zero attached hydrogens (tertiary/aromatic N) is 1. The standard InChI is InChI=1S/C12H19NO4S/c1-9-10(7-11(18-9)12(15)16)8-13(3-5-14)4-6-17-2/h7,14H,3-6,8H2,1-2H3,(H,15,16). The van der Waals surface area contributed by atoms with Crippen molar-refractivity contribution < 1.29 is 19.7 Å². The first-order valence-electron chi connectivity index (χ1n) is 5.73. The maximum atomic E-state index is 10.9. The summed E-state index contributed by atoms with van der Waals surface area (Å²) in [5.74, 6) is -0.889. The summed E-state index contributed by atoms with van der Waals surface area (Å²) < 4.78 is 5.02. The van der Waals surface area contributed by atoms with Gasteiger partial charge in [0.15, 0.2) is 0 Å². The molecule has 0 aromatic carbocycles. The monoisotopic (exact) mass is 273 g/mol. The Hall–Kier alpha value is -0.950. The molecule has 102 valence electrons. The van der Waals surface area contributed by atoms with Gasteiger partial charge in [-0.05, 0) is 18.6 Å². The molecule has 1 heterocycles. The normalized spacial score (nSPS) is 11.1. The van der Waals surface area contributed by atoms with E-state index in [1.165, 1.54) is 11.3 Å². The van der Waals surface area contributed by atoms with Gasteiger partial charge in [0.1, 0.15) is 4.88 Å². The Labute approximate surface area is 111 Å². The number of methoxy groups -OCH3 is 1. The van der Waals surface area contributed by atoms with E-state index in [9.17, 15) is 4.79 Å². The molecule has 0 aliphatic rings. The number of rotatable bonds is 8. The van der Waals surface area contributed by atoms with Gasteiger partial charge in [-0.3, -0.25) is 4.90 Å². The van der Waals surface area contributed by atoms with Gasteiger partial charge in [0.25, 0.3) is 0 Å². The summed E-state index contributed by atoms with van der Waals surface area (Å²) in [6, 6.07) is 1.71. The highest BCUT2D eigenvalue weighted by atomic mass is 32.1. The topological polar surface area (TPSA) is 70.0 Å². The highest BCUT2D eigenvalue weighted by Gasteiger charge is 2.13. The summed E-state index contributed by atoms with van der Waals surface area (Å²) in [6.45, 7) is 4.50. The predicted molar refractivity (Wildman–Crippen MR) is 70.3 cm³/mol. The molecule has 0 atom stereocenters. The van der Waals surface area contributed by atoms with Crippen molar-refractivity contribution in [3.8, 4) is 0 Å². The lowest BCUT2D eigenvalue weighted by Crippen LogP contribution is -2.29. The number of aromatic carboxylic acids is 1. The summed E-state index contributed by atoms with van der Waals surface area (Å²) in [4.78, 5) is 14.3. The molecule has 0 spiro atoms. The molecule has 18 heavy (non-hydrogen) atoms. The van der Waals surface area contributed by atoms with Gasteiger partial charge in [-0.25, -0.2) is 4.79 Å². The Morgan fingerprint density at radius 3 is 2.72 bits per heavy atom. The number of thiophene rings is 1. The minimum Gasteiger partial charge on any atom is -0.477 e. The molecule has 1 rings (SSSR count). The largest absolute Gasteiger partial charge is 0.477 e. The Kier molecular flexibility index (Phi) is 6.28. The van der Waals surface area contributed by atoms with E-state index in [2.05, 4.69) is 0 Å². The third-order valence-electron chi connectivity index (χ3n) is 2.65. The summed E-state index contributed by atoms with van der Waals surface area (Å²) in [5, 5.41) is 17.9. The van der Waals surface area contributed by atoms with Gasteiger partial charge in [-0.15, -0.1) is 11.3 Å². The van der Waals surface area contributed by atoms with Crippen molar-refractivity contribution in [2.45, 2.75) is 13.5 Å². The zero-order chi connectivity index (χ0) is 13.5. The van der Waals surface area contributed by atoms with Gasteiger partial charge >= 0.3 is 5.97 Å². The highest BCUT2D eigenvalue weighted by Crippen LogP contribution is 2.22. The van der Waals surface area contributed by atoms with Crippen LogP contribution < -0.4 is 0 Å². The summed E-state index contributed by atoms with van der Waals surface area (Å²) in [7, 11) is 1.63. The molecule has 1 aromatic rings. The molecule has 0 radical (unpaired) electrons. The molecule has 5 nitrogen and oxygen atoms in total. The van der Waals surface area contributed by atoms with Crippen LogP contribution >= 0.6 is 11.3 Å². The zero-order valence-electron chi connectivity index (χ0n) is 10.7. The molecule has 0 aliphatic carbocycles. The number of aliphatic hydroxyl groups excluding tert-OH is 1. The first-order valence-corrected chi connectivity index (χ1v) is 6.55. The molecule has 0 saturated carbocycles. The minimum atomic E-state index is -0.889. The Morgan fingerprint density at radius 1 is 1.50 bits per heavy atom. The highest BCUT2D eigenvalue weighted by molar-refractivity contribution is 7.14. The number of carboxylic acid groups (broad SMARTS) is 1. The SMILES string of the molecule is COCCN(CCO)Cc1cc(C(=O)O)sc1C. The lowest BCUT2D eigenvalue weighted by atomic mass is 10.2. The van der Waals surface area contributed by atoms with Crippen LogP contribution in [0.15, 0.2) is 6.07 Å². The molecule has 0 amide bonds. The molecule has 2 N–H and O–H groups in total. The summed E-state index contributed by atoms with van der Waals surface area (Å²) >= 11 is 1.29. The second-order valence-corrected chi connectivity index (χ2v) is 5.25. The van der Waals surface area contributed by atoms with Crippen molar-refractivity contribution in [1.29, 1.82) is 0 Å². The van der Waals surface area contributed by atoms with Gasteiger partial charge in [0.05, 0.1) is 13.2 Å². The molecule has 0 saturated heterocycles. The van der Waals surface area contributed by atoms with Crippen molar-refractivity contribution in [2.75, 3.05) is 33.4 Å². The van der Waals surface area contributed by atoms with Crippen LogP contribution in [0.25, 0.3) is 0 Å². The number of aliphatic hydroxyl groups is 1. The zero-order valence-corrected chi connectivity index (χ0v) is 11.5. The first-order chi connectivity index (χ1) is 8.58. The number of aryl methyl sites for hydroxylation is 1. The van der Waals surface area contributed by atoms with Crippen molar-refractivity contribution >= 4 is 17.3 Å². The van der Waals surface area contributed by atoms with Crippen LogP contribution in [0.5, 0.6) is 0 Å². The third kappa shape index (κ3) is 4.38. The van der Waals surface area contributed by atoms with E-state index < -0.39 is 5.97 Å². The number of hydrogen-bond donors (Lipinski definition) is 2. The van der Waals surface area contributed by atoms with Gasteiger partial charge in [0, 0.05) is 31.6 Å². The van der Waals surface area contributed by atoms with E-state index in [0.717, 1.165) is 17.0 Å². The fraction of sp³-hybridized carbons (Fsp3) is 0.583. The van der Waals surface area contributed by atoms with E-state index in [1.54, 1.807) is 13.2 Å². The fourth-order valence-electron chi connectivity index (χ4n) is 1.65. The van der Waals surface area contributed by atoms with Crippen LogP contribution in [0, 0.1) is 6.92 Å². The van der Waals surface area contributed by atoms with Crippen LogP contribution in [0.2, 0.25) is 0 Å². The van der Waals surface area contributed by atoms with Crippen molar-refractivity contribution in [3.63, 3.8) is 0 Å². The van der Waals surface area contributed by atoms with Crippen LogP contribution in [-0.2, 0) is 11.3 Å². The molecule has 0 bridgehead atoms. The van der Waals surface area contributed by atoms with E-state index >= 15 is 0 Å². The number of carboxylic acids is 1.